The number of aromatic nitrogens is 3. The maximum Gasteiger partial charge on any atom is 0.178 e. The van der Waals surface area contributed by atoms with Crippen molar-refractivity contribution in [1.82, 2.24) is 15.0 Å². The number of fused-ring (bicyclic) bond motifs is 2. The molecule has 0 saturated carbocycles. The minimum atomic E-state index is 0.710. The smallest absolute Gasteiger partial charge is 0.178 e. The SMILES string of the molecule is CSCCCOc1cc(-c2nc3ncccc3[nH]2)cc2c1CCO2. The van der Waals surface area contributed by atoms with Gasteiger partial charge in [0.05, 0.1) is 18.7 Å². The maximum atomic E-state index is 6.04. The number of hydrogen-bond donors (Lipinski definition) is 1. The van der Waals surface area contributed by atoms with Crippen molar-refractivity contribution < 1.29 is 9.47 Å². The van der Waals surface area contributed by atoms with E-state index < -0.39 is 0 Å². The molecule has 0 atom stereocenters. The van der Waals surface area contributed by atoms with Crippen LogP contribution in [0.5, 0.6) is 11.5 Å². The number of H-pyrrole nitrogens is 1. The summed E-state index contributed by atoms with van der Waals surface area (Å²) in [5.74, 6) is 3.71. The van der Waals surface area contributed by atoms with Gasteiger partial charge in [-0.3, -0.25) is 0 Å². The van der Waals surface area contributed by atoms with Crippen molar-refractivity contribution in [2.75, 3.05) is 25.2 Å². The number of ether oxygens (including phenoxy) is 2. The Bertz CT molecular complexity index is 830. The second-order valence-corrected chi connectivity index (χ2v) is 6.69. The summed E-state index contributed by atoms with van der Waals surface area (Å²) in [7, 11) is 0. The molecule has 4 rings (SSSR count). The van der Waals surface area contributed by atoms with E-state index in [1.54, 1.807) is 6.20 Å². The highest BCUT2D eigenvalue weighted by Gasteiger charge is 2.20. The van der Waals surface area contributed by atoms with Gasteiger partial charge in [-0.25, -0.2) is 9.97 Å². The number of imidazole rings is 1. The molecule has 3 aromatic rings. The van der Waals surface area contributed by atoms with Crippen LogP contribution >= 0.6 is 11.8 Å². The fraction of sp³-hybridized carbons (Fsp3) is 0.333. The first-order valence-electron chi connectivity index (χ1n) is 8.08. The van der Waals surface area contributed by atoms with Gasteiger partial charge in [-0.15, -0.1) is 0 Å². The zero-order valence-electron chi connectivity index (χ0n) is 13.5. The van der Waals surface area contributed by atoms with E-state index in [-0.39, 0.29) is 0 Å². The quantitative estimate of drug-likeness (QED) is 0.693. The number of hydrogen-bond acceptors (Lipinski definition) is 5. The molecule has 6 heteroatoms. The van der Waals surface area contributed by atoms with Crippen LogP contribution in [-0.4, -0.2) is 40.2 Å². The highest BCUT2D eigenvalue weighted by Crippen LogP contribution is 2.38. The van der Waals surface area contributed by atoms with Crippen molar-refractivity contribution in [2.24, 2.45) is 0 Å². The lowest BCUT2D eigenvalue weighted by molar-refractivity contribution is 0.316. The molecular weight excluding hydrogens is 322 g/mol. The molecule has 0 aliphatic carbocycles. The molecule has 5 nitrogen and oxygen atoms in total. The van der Waals surface area contributed by atoms with Crippen molar-refractivity contribution in [2.45, 2.75) is 12.8 Å². The zero-order chi connectivity index (χ0) is 16.4. The average Bonchev–Trinajstić information content (AvgIpc) is 3.24. The summed E-state index contributed by atoms with van der Waals surface area (Å²) in [4.78, 5) is 12.2. The normalized spacial score (nSPS) is 13.0. The third kappa shape index (κ3) is 2.94. The van der Waals surface area contributed by atoms with E-state index in [0.717, 1.165) is 64.8 Å². The summed E-state index contributed by atoms with van der Waals surface area (Å²) in [5, 5.41) is 0. The van der Waals surface area contributed by atoms with Crippen LogP contribution < -0.4 is 9.47 Å². The Morgan fingerprint density at radius 1 is 1.38 bits per heavy atom. The minimum absolute atomic E-state index is 0.710. The molecule has 2 aromatic heterocycles. The number of nitrogens with zero attached hydrogens (tertiary/aromatic N) is 2. The zero-order valence-corrected chi connectivity index (χ0v) is 14.4. The predicted octanol–water partition coefficient (Wildman–Crippen LogP) is 3.69. The fourth-order valence-corrected chi connectivity index (χ4v) is 3.30. The lowest BCUT2D eigenvalue weighted by Gasteiger charge is -2.11. The van der Waals surface area contributed by atoms with E-state index in [0.29, 0.717) is 6.61 Å². The van der Waals surface area contributed by atoms with Gasteiger partial charge in [0.2, 0.25) is 0 Å². The lowest BCUT2D eigenvalue weighted by atomic mass is 10.1. The largest absolute Gasteiger partial charge is 0.493 e. The van der Waals surface area contributed by atoms with Crippen molar-refractivity contribution in [3.63, 3.8) is 0 Å². The molecule has 0 fully saturated rings. The van der Waals surface area contributed by atoms with Gasteiger partial charge in [0.15, 0.2) is 5.65 Å². The minimum Gasteiger partial charge on any atom is -0.493 e. The average molecular weight is 341 g/mol. The number of nitrogens with one attached hydrogen (secondary N) is 1. The van der Waals surface area contributed by atoms with E-state index in [1.807, 2.05) is 30.0 Å². The van der Waals surface area contributed by atoms with Crippen LogP contribution in [0.1, 0.15) is 12.0 Å². The Morgan fingerprint density at radius 2 is 2.33 bits per heavy atom. The van der Waals surface area contributed by atoms with Gasteiger partial charge in [-0.1, -0.05) is 0 Å². The molecule has 0 amide bonds. The molecule has 1 aromatic carbocycles. The van der Waals surface area contributed by atoms with E-state index >= 15 is 0 Å². The van der Waals surface area contributed by atoms with Crippen LogP contribution in [-0.2, 0) is 6.42 Å². The summed E-state index contributed by atoms with van der Waals surface area (Å²) >= 11 is 1.84. The highest BCUT2D eigenvalue weighted by atomic mass is 32.2. The van der Waals surface area contributed by atoms with Gasteiger partial charge in [0.25, 0.3) is 0 Å². The molecule has 124 valence electrons. The molecule has 0 saturated heterocycles. The van der Waals surface area contributed by atoms with Crippen molar-refractivity contribution in [3.05, 3.63) is 36.0 Å². The molecule has 0 radical (unpaired) electrons. The highest BCUT2D eigenvalue weighted by molar-refractivity contribution is 7.98. The molecule has 1 aliphatic heterocycles. The molecule has 0 bridgehead atoms. The standard InChI is InChI=1S/C18H19N3O2S/c1-24-9-3-7-22-15-10-12(11-16-13(15)5-8-23-16)17-20-14-4-2-6-19-18(14)21-17/h2,4,6,10-11H,3,5,7-9H2,1H3,(H,19,20,21). The third-order valence-corrected chi connectivity index (χ3v) is 4.76. The van der Waals surface area contributed by atoms with Crippen LogP contribution in [0.3, 0.4) is 0 Å². The number of rotatable bonds is 6. The molecule has 3 heterocycles. The van der Waals surface area contributed by atoms with Gasteiger partial charge in [0, 0.05) is 23.7 Å². The second kappa shape index (κ2) is 6.73. The lowest BCUT2D eigenvalue weighted by Crippen LogP contribution is -2.01. The summed E-state index contributed by atoms with van der Waals surface area (Å²) in [6.45, 7) is 1.43. The summed E-state index contributed by atoms with van der Waals surface area (Å²) in [6, 6.07) is 7.97. The first kappa shape index (κ1) is 15.3. The molecule has 1 N–H and O–H groups in total. The van der Waals surface area contributed by atoms with Gasteiger partial charge in [-0.2, -0.15) is 11.8 Å². The molecule has 24 heavy (non-hydrogen) atoms. The molecule has 0 unspecified atom stereocenters. The topological polar surface area (TPSA) is 60.0 Å². The number of pyridine rings is 1. The monoisotopic (exact) mass is 341 g/mol. The summed E-state index contributed by atoms with van der Waals surface area (Å²) in [5.41, 5.74) is 3.78. The second-order valence-electron chi connectivity index (χ2n) is 5.70. The van der Waals surface area contributed by atoms with Gasteiger partial charge in [0.1, 0.15) is 17.3 Å². The predicted molar refractivity (Wildman–Crippen MR) is 97.0 cm³/mol. The van der Waals surface area contributed by atoms with E-state index in [4.69, 9.17) is 9.47 Å². The summed E-state index contributed by atoms with van der Waals surface area (Å²) < 4.78 is 11.8. The van der Waals surface area contributed by atoms with E-state index in [9.17, 15) is 0 Å². The van der Waals surface area contributed by atoms with Crippen LogP contribution in [0.25, 0.3) is 22.6 Å². The number of benzene rings is 1. The Labute approximate surface area is 144 Å². The number of thioether (sulfide) groups is 1. The van der Waals surface area contributed by atoms with Gasteiger partial charge in [-0.05, 0) is 42.7 Å². The first-order valence-corrected chi connectivity index (χ1v) is 9.47. The van der Waals surface area contributed by atoms with Crippen LogP contribution in [0, 0.1) is 0 Å². The Morgan fingerprint density at radius 3 is 3.21 bits per heavy atom. The van der Waals surface area contributed by atoms with Crippen LogP contribution in [0.15, 0.2) is 30.5 Å². The number of aromatic amines is 1. The first-order chi connectivity index (χ1) is 11.8. The third-order valence-electron chi connectivity index (χ3n) is 4.06. The van der Waals surface area contributed by atoms with Crippen molar-refractivity contribution >= 4 is 22.9 Å². The van der Waals surface area contributed by atoms with E-state index in [1.165, 1.54) is 0 Å². The molecule has 1 aliphatic rings. The maximum absolute atomic E-state index is 6.04. The van der Waals surface area contributed by atoms with Crippen LogP contribution in [0.4, 0.5) is 0 Å². The van der Waals surface area contributed by atoms with Crippen molar-refractivity contribution in [3.8, 4) is 22.9 Å². The van der Waals surface area contributed by atoms with Crippen molar-refractivity contribution in [1.29, 1.82) is 0 Å². The van der Waals surface area contributed by atoms with Crippen LogP contribution in [0.2, 0.25) is 0 Å². The Hall–Kier alpha value is -2.21. The van der Waals surface area contributed by atoms with Gasteiger partial charge >= 0.3 is 0 Å². The summed E-state index contributed by atoms with van der Waals surface area (Å²) in [6.07, 6.45) is 5.80. The van der Waals surface area contributed by atoms with E-state index in [2.05, 4.69) is 27.3 Å². The Balaban J connectivity index is 1.68. The molecular formula is C18H19N3O2S. The Kier molecular flexibility index (Phi) is 4.30. The van der Waals surface area contributed by atoms with Gasteiger partial charge < -0.3 is 14.5 Å². The molecule has 0 spiro atoms. The fourth-order valence-electron chi connectivity index (χ4n) is 2.89.